The zero-order valence-corrected chi connectivity index (χ0v) is 25.7. The molecule has 4 aromatic rings. The molecule has 0 saturated heterocycles. The van der Waals surface area contributed by atoms with Crippen LogP contribution in [0.3, 0.4) is 0 Å². The van der Waals surface area contributed by atoms with Gasteiger partial charge in [0.2, 0.25) is 11.5 Å². The van der Waals surface area contributed by atoms with Crippen LogP contribution in [0.4, 0.5) is 0 Å². The van der Waals surface area contributed by atoms with Crippen molar-refractivity contribution < 1.29 is 48.8 Å². The molecule has 0 radical (unpaired) electrons. The molecule has 0 heterocycles. The van der Waals surface area contributed by atoms with Crippen molar-refractivity contribution in [1.82, 2.24) is 0 Å². The summed E-state index contributed by atoms with van der Waals surface area (Å²) in [4.78, 5) is 0. The number of phenolic OH excluding ortho intramolecular Hbond substituents is 4. The van der Waals surface area contributed by atoms with Gasteiger partial charge in [0.25, 0.3) is 0 Å². The van der Waals surface area contributed by atoms with Crippen molar-refractivity contribution in [2.45, 2.75) is 25.7 Å². The van der Waals surface area contributed by atoms with Crippen LogP contribution in [0.2, 0.25) is 0 Å². The number of hydrogen-bond donors (Lipinski definition) is 4. The first-order valence-electron chi connectivity index (χ1n) is 13.9. The molecule has 10 heteroatoms. The van der Waals surface area contributed by atoms with Crippen LogP contribution in [-0.4, -0.2) is 63.1 Å². The monoisotopic (exact) mass is 606 g/mol. The molecular weight excluding hydrogens is 568 g/mol. The number of phenols is 4. The molecule has 10 nitrogen and oxygen atoms in total. The van der Waals surface area contributed by atoms with Crippen molar-refractivity contribution >= 4 is 0 Å². The number of benzene rings is 4. The Bertz CT molecular complexity index is 1460. The summed E-state index contributed by atoms with van der Waals surface area (Å²) < 4.78 is 32.8. The molecule has 0 aromatic heterocycles. The van der Waals surface area contributed by atoms with Gasteiger partial charge in [-0.3, -0.25) is 0 Å². The van der Waals surface area contributed by atoms with Gasteiger partial charge in [-0.25, -0.2) is 0 Å². The van der Waals surface area contributed by atoms with E-state index in [9.17, 15) is 20.4 Å². The molecule has 4 N–H and O–H groups in total. The Balaban J connectivity index is 1.73. The lowest BCUT2D eigenvalue weighted by Crippen LogP contribution is -2.01. The summed E-state index contributed by atoms with van der Waals surface area (Å²) in [6.45, 7) is 0. The predicted molar refractivity (Wildman–Crippen MR) is 166 cm³/mol. The lowest BCUT2D eigenvalue weighted by Gasteiger charge is -2.18. The first kappa shape index (κ1) is 31.8. The second-order valence-electron chi connectivity index (χ2n) is 10.1. The van der Waals surface area contributed by atoms with Crippen molar-refractivity contribution in [1.29, 1.82) is 0 Å². The van der Waals surface area contributed by atoms with E-state index in [0.717, 1.165) is 11.1 Å². The molecular formula is C34H38O10. The third-order valence-electron chi connectivity index (χ3n) is 7.51. The van der Waals surface area contributed by atoms with Crippen LogP contribution < -0.4 is 28.4 Å². The van der Waals surface area contributed by atoms with E-state index in [1.165, 1.54) is 38.5 Å². The fourth-order valence-electron chi connectivity index (χ4n) is 5.27. The van der Waals surface area contributed by atoms with Crippen LogP contribution in [-0.2, 0) is 25.7 Å². The molecule has 0 bridgehead atoms. The molecule has 44 heavy (non-hydrogen) atoms. The molecule has 0 aliphatic rings. The average Bonchev–Trinajstić information content (AvgIpc) is 3.04. The summed E-state index contributed by atoms with van der Waals surface area (Å²) in [6.07, 6.45) is 1.96. The highest BCUT2D eigenvalue weighted by molar-refractivity contribution is 5.76. The third kappa shape index (κ3) is 6.59. The van der Waals surface area contributed by atoms with E-state index in [-0.39, 0.29) is 23.0 Å². The zero-order chi connectivity index (χ0) is 32.0. The maximum atomic E-state index is 10.5. The van der Waals surface area contributed by atoms with E-state index in [1.807, 2.05) is 24.3 Å². The van der Waals surface area contributed by atoms with Crippen LogP contribution in [0.5, 0.6) is 57.5 Å². The Hall–Kier alpha value is -5.12. The van der Waals surface area contributed by atoms with E-state index in [4.69, 9.17) is 28.4 Å². The normalized spacial score (nSPS) is 10.8. The van der Waals surface area contributed by atoms with Crippen LogP contribution >= 0.6 is 0 Å². The van der Waals surface area contributed by atoms with Crippen LogP contribution in [0.15, 0.2) is 48.5 Å². The Labute approximate surface area is 256 Å². The molecule has 0 spiro atoms. The molecule has 0 unspecified atom stereocenters. The summed E-state index contributed by atoms with van der Waals surface area (Å²) >= 11 is 0. The van der Waals surface area contributed by atoms with E-state index in [2.05, 4.69) is 0 Å². The van der Waals surface area contributed by atoms with E-state index < -0.39 is 0 Å². The minimum absolute atomic E-state index is 0.268. The predicted octanol–water partition coefficient (Wildman–Crippen LogP) is 5.80. The molecule has 0 fully saturated rings. The molecule has 4 rings (SSSR count). The van der Waals surface area contributed by atoms with Gasteiger partial charge in [-0.05, 0) is 108 Å². The molecule has 0 aliphatic heterocycles. The molecule has 234 valence electrons. The van der Waals surface area contributed by atoms with Gasteiger partial charge in [0, 0.05) is 0 Å². The maximum absolute atomic E-state index is 10.5. The van der Waals surface area contributed by atoms with Gasteiger partial charge in [0.05, 0.1) is 42.7 Å². The van der Waals surface area contributed by atoms with Gasteiger partial charge in [0.15, 0.2) is 46.0 Å². The second kappa shape index (κ2) is 13.9. The number of hydrogen-bond acceptors (Lipinski definition) is 10. The molecule has 0 atom stereocenters. The van der Waals surface area contributed by atoms with Crippen LogP contribution in [0.25, 0.3) is 11.1 Å². The standard InChI is InChI=1S/C34H38O10/c1-39-29-11-19(12-30(40-2)33(29)43-5)7-9-21-15-25(35)27(37)17-23(21)24-18-28(38)26(36)16-22(24)10-8-20-13-31(41-3)34(44-6)32(14-20)42-4/h11-18,35-38H,7-10H2,1-6H3. The Kier molecular flexibility index (Phi) is 10.0. The molecule has 0 saturated carbocycles. The lowest BCUT2D eigenvalue weighted by molar-refractivity contribution is 0.324. The van der Waals surface area contributed by atoms with Crippen molar-refractivity contribution in [2.24, 2.45) is 0 Å². The topological polar surface area (TPSA) is 136 Å². The summed E-state index contributed by atoms with van der Waals surface area (Å²) in [7, 11) is 9.28. The van der Waals surface area contributed by atoms with Gasteiger partial charge < -0.3 is 48.8 Å². The van der Waals surface area contributed by atoms with Gasteiger partial charge in [-0.15, -0.1) is 0 Å². The highest BCUT2D eigenvalue weighted by atomic mass is 16.5. The summed E-state index contributed by atoms with van der Waals surface area (Å²) in [5, 5.41) is 41.9. The highest BCUT2D eigenvalue weighted by Crippen LogP contribution is 2.43. The smallest absolute Gasteiger partial charge is 0.203 e. The summed E-state index contributed by atoms with van der Waals surface area (Å²) in [5.74, 6) is 1.91. The number of aryl methyl sites for hydroxylation is 4. The van der Waals surface area contributed by atoms with Crippen molar-refractivity contribution in [2.75, 3.05) is 42.7 Å². The zero-order valence-electron chi connectivity index (χ0n) is 25.7. The molecule has 4 aromatic carbocycles. The number of methoxy groups -OCH3 is 6. The second-order valence-corrected chi connectivity index (χ2v) is 10.1. The Morgan fingerprint density at radius 3 is 0.955 bits per heavy atom. The first-order valence-corrected chi connectivity index (χ1v) is 13.9. The minimum atomic E-state index is -0.306. The fraction of sp³-hybridized carbons (Fsp3) is 0.294. The average molecular weight is 607 g/mol. The maximum Gasteiger partial charge on any atom is 0.203 e. The Morgan fingerprint density at radius 1 is 0.386 bits per heavy atom. The first-order chi connectivity index (χ1) is 21.2. The fourth-order valence-corrected chi connectivity index (χ4v) is 5.27. The molecule has 0 amide bonds. The largest absolute Gasteiger partial charge is 0.504 e. The van der Waals surface area contributed by atoms with Crippen LogP contribution in [0.1, 0.15) is 22.3 Å². The van der Waals surface area contributed by atoms with Gasteiger partial charge >= 0.3 is 0 Å². The quantitative estimate of drug-likeness (QED) is 0.138. The van der Waals surface area contributed by atoms with Crippen molar-refractivity contribution in [3.05, 3.63) is 70.8 Å². The summed E-state index contributed by atoms with van der Waals surface area (Å²) in [5.41, 5.74) is 4.43. The minimum Gasteiger partial charge on any atom is -0.504 e. The van der Waals surface area contributed by atoms with E-state index in [1.54, 1.807) is 28.4 Å². The highest BCUT2D eigenvalue weighted by Gasteiger charge is 2.19. The van der Waals surface area contributed by atoms with Gasteiger partial charge in [-0.2, -0.15) is 0 Å². The van der Waals surface area contributed by atoms with Crippen LogP contribution in [0, 0.1) is 0 Å². The SMILES string of the molecule is COc1cc(CCc2cc(O)c(O)cc2-c2cc(O)c(O)cc2CCc2cc(OC)c(OC)c(OC)c2)cc(OC)c1OC. The lowest BCUT2D eigenvalue weighted by atomic mass is 9.89. The Morgan fingerprint density at radius 2 is 0.682 bits per heavy atom. The molecule has 0 aliphatic carbocycles. The van der Waals surface area contributed by atoms with Crippen molar-refractivity contribution in [3.63, 3.8) is 0 Å². The van der Waals surface area contributed by atoms with Gasteiger partial charge in [-0.1, -0.05) is 0 Å². The van der Waals surface area contributed by atoms with E-state index >= 15 is 0 Å². The summed E-state index contributed by atoms with van der Waals surface area (Å²) in [6, 6.07) is 13.4. The number of ether oxygens (including phenoxy) is 6. The van der Waals surface area contributed by atoms with Crippen molar-refractivity contribution in [3.8, 4) is 68.6 Å². The third-order valence-corrected chi connectivity index (χ3v) is 7.51. The number of rotatable bonds is 13. The van der Waals surface area contributed by atoms with Gasteiger partial charge in [0.1, 0.15) is 0 Å². The number of aromatic hydroxyl groups is 4. The van der Waals surface area contributed by atoms with E-state index in [0.29, 0.717) is 82.4 Å².